The van der Waals surface area contributed by atoms with Gasteiger partial charge >= 0.3 is 0 Å². The summed E-state index contributed by atoms with van der Waals surface area (Å²) in [6.07, 6.45) is 6.53. The van der Waals surface area contributed by atoms with Crippen molar-refractivity contribution >= 4 is 17.5 Å². The number of amides is 1. The molecule has 0 aromatic heterocycles. The van der Waals surface area contributed by atoms with Gasteiger partial charge in [0.15, 0.2) is 0 Å². The van der Waals surface area contributed by atoms with Crippen LogP contribution in [-0.4, -0.2) is 23.9 Å². The number of rotatable bonds is 3. The van der Waals surface area contributed by atoms with Gasteiger partial charge < -0.3 is 4.90 Å². The van der Waals surface area contributed by atoms with E-state index in [4.69, 9.17) is 11.6 Å². The minimum absolute atomic E-state index is 0.240. The molecule has 2 nitrogen and oxygen atoms in total. The second-order valence-electron chi connectivity index (χ2n) is 4.23. The van der Waals surface area contributed by atoms with Gasteiger partial charge in [0.2, 0.25) is 5.91 Å². The zero-order valence-electron chi connectivity index (χ0n) is 9.73. The molecule has 1 aliphatic rings. The van der Waals surface area contributed by atoms with E-state index in [0.29, 0.717) is 6.42 Å². The third-order valence-corrected chi connectivity index (χ3v) is 3.20. The van der Waals surface area contributed by atoms with Crippen LogP contribution < -0.4 is 0 Å². The Morgan fingerprint density at radius 3 is 2.65 bits per heavy atom. The van der Waals surface area contributed by atoms with Crippen molar-refractivity contribution in [2.75, 3.05) is 13.1 Å². The van der Waals surface area contributed by atoms with Crippen LogP contribution >= 0.6 is 11.6 Å². The van der Waals surface area contributed by atoms with Crippen molar-refractivity contribution in [3.63, 3.8) is 0 Å². The van der Waals surface area contributed by atoms with Crippen LogP contribution in [0.15, 0.2) is 36.4 Å². The van der Waals surface area contributed by atoms with Crippen LogP contribution in [0, 0.1) is 0 Å². The van der Waals surface area contributed by atoms with Gasteiger partial charge in [0.25, 0.3) is 0 Å². The molecule has 0 aliphatic carbocycles. The molecule has 17 heavy (non-hydrogen) atoms. The van der Waals surface area contributed by atoms with Crippen LogP contribution in [0.4, 0.5) is 0 Å². The average Bonchev–Trinajstić information content (AvgIpc) is 2.39. The van der Waals surface area contributed by atoms with Crippen LogP contribution in [0.5, 0.6) is 0 Å². The van der Waals surface area contributed by atoms with Crippen molar-refractivity contribution in [1.82, 2.24) is 4.90 Å². The second-order valence-corrected chi connectivity index (χ2v) is 4.66. The highest BCUT2D eigenvalue weighted by Crippen LogP contribution is 2.12. The third-order valence-electron chi connectivity index (χ3n) is 2.95. The molecular weight excluding hydrogens is 234 g/mol. The molecule has 0 N–H and O–H groups in total. The lowest BCUT2D eigenvalue weighted by Crippen LogP contribution is -2.33. The number of aryl methyl sites for hydroxylation is 1. The van der Waals surface area contributed by atoms with Gasteiger partial charge in [-0.15, -0.1) is 0 Å². The lowest BCUT2D eigenvalue weighted by atomic mass is 10.1. The zero-order chi connectivity index (χ0) is 12.1. The molecule has 1 aromatic carbocycles. The molecule has 0 fully saturated rings. The van der Waals surface area contributed by atoms with E-state index < -0.39 is 0 Å². The first kappa shape index (κ1) is 12.2. The SMILES string of the molecule is O=C(CCc1ccc(Cl)cc1)N1CC=CCC1. The molecule has 1 amide bonds. The van der Waals surface area contributed by atoms with Crippen molar-refractivity contribution in [3.8, 4) is 0 Å². The highest BCUT2D eigenvalue weighted by molar-refractivity contribution is 6.30. The topological polar surface area (TPSA) is 20.3 Å². The van der Waals surface area contributed by atoms with Gasteiger partial charge in [0, 0.05) is 24.5 Å². The Bertz CT molecular complexity index is 411. The molecule has 0 atom stereocenters. The molecule has 0 saturated carbocycles. The molecule has 1 heterocycles. The summed E-state index contributed by atoms with van der Waals surface area (Å²) in [6, 6.07) is 7.69. The molecule has 0 saturated heterocycles. The minimum atomic E-state index is 0.240. The summed E-state index contributed by atoms with van der Waals surface area (Å²) in [7, 11) is 0. The molecule has 0 spiro atoms. The van der Waals surface area contributed by atoms with Crippen molar-refractivity contribution in [2.45, 2.75) is 19.3 Å². The Morgan fingerprint density at radius 1 is 1.24 bits per heavy atom. The molecule has 90 valence electrons. The van der Waals surface area contributed by atoms with E-state index in [2.05, 4.69) is 12.2 Å². The van der Waals surface area contributed by atoms with E-state index >= 15 is 0 Å². The number of nitrogens with zero attached hydrogens (tertiary/aromatic N) is 1. The van der Waals surface area contributed by atoms with Crippen LogP contribution in [0.3, 0.4) is 0 Å². The minimum Gasteiger partial charge on any atom is -0.339 e. The van der Waals surface area contributed by atoms with Gasteiger partial charge in [-0.3, -0.25) is 4.79 Å². The first-order chi connectivity index (χ1) is 8.25. The number of hydrogen-bond acceptors (Lipinski definition) is 1. The fraction of sp³-hybridized carbons (Fsp3) is 0.357. The van der Waals surface area contributed by atoms with E-state index in [0.717, 1.165) is 36.5 Å². The Labute approximate surface area is 107 Å². The van der Waals surface area contributed by atoms with Gasteiger partial charge in [-0.05, 0) is 30.5 Å². The lowest BCUT2D eigenvalue weighted by Gasteiger charge is -2.23. The normalized spacial score (nSPS) is 15.0. The Kier molecular flexibility index (Phi) is 4.21. The van der Waals surface area contributed by atoms with Crippen molar-refractivity contribution < 1.29 is 4.79 Å². The summed E-state index contributed by atoms with van der Waals surface area (Å²) < 4.78 is 0. The maximum atomic E-state index is 11.9. The molecule has 1 aromatic rings. The van der Waals surface area contributed by atoms with Gasteiger partial charge in [0.1, 0.15) is 0 Å². The number of benzene rings is 1. The molecule has 0 unspecified atom stereocenters. The quantitative estimate of drug-likeness (QED) is 0.754. The predicted octanol–water partition coefficient (Wildman–Crippen LogP) is 3.06. The first-order valence-corrected chi connectivity index (χ1v) is 6.31. The zero-order valence-corrected chi connectivity index (χ0v) is 10.5. The highest BCUT2D eigenvalue weighted by Gasteiger charge is 2.13. The van der Waals surface area contributed by atoms with E-state index in [1.807, 2.05) is 29.2 Å². The summed E-state index contributed by atoms with van der Waals surface area (Å²) in [5, 5.41) is 0.737. The molecule has 0 radical (unpaired) electrons. The van der Waals surface area contributed by atoms with Crippen LogP contribution in [0.1, 0.15) is 18.4 Å². The fourth-order valence-corrected chi connectivity index (χ4v) is 2.05. The average molecular weight is 250 g/mol. The van der Waals surface area contributed by atoms with Gasteiger partial charge in [-0.2, -0.15) is 0 Å². The Balaban J connectivity index is 1.83. The Hall–Kier alpha value is -1.28. The monoisotopic (exact) mass is 249 g/mol. The molecule has 2 rings (SSSR count). The summed E-state index contributed by atoms with van der Waals surface area (Å²) in [5.74, 6) is 0.240. The lowest BCUT2D eigenvalue weighted by molar-refractivity contribution is -0.130. The number of halogens is 1. The van der Waals surface area contributed by atoms with Crippen molar-refractivity contribution in [2.24, 2.45) is 0 Å². The summed E-state index contributed by atoms with van der Waals surface area (Å²) >= 11 is 5.81. The van der Waals surface area contributed by atoms with Crippen molar-refractivity contribution in [3.05, 3.63) is 47.0 Å². The van der Waals surface area contributed by atoms with E-state index in [1.165, 1.54) is 0 Å². The number of carbonyl (C=O) groups is 1. The van der Waals surface area contributed by atoms with E-state index in [9.17, 15) is 4.79 Å². The molecule has 1 aliphatic heterocycles. The number of carbonyl (C=O) groups excluding carboxylic acids is 1. The van der Waals surface area contributed by atoms with Crippen LogP contribution in [-0.2, 0) is 11.2 Å². The van der Waals surface area contributed by atoms with E-state index in [-0.39, 0.29) is 5.91 Å². The molecule has 3 heteroatoms. The third kappa shape index (κ3) is 3.60. The number of hydrogen-bond donors (Lipinski definition) is 0. The smallest absolute Gasteiger partial charge is 0.223 e. The van der Waals surface area contributed by atoms with Gasteiger partial charge in [0.05, 0.1) is 0 Å². The van der Waals surface area contributed by atoms with E-state index in [1.54, 1.807) is 0 Å². The fourth-order valence-electron chi connectivity index (χ4n) is 1.93. The molecule has 0 bridgehead atoms. The highest BCUT2D eigenvalue weighted by atomic mass is 35.5. The van der Waals surface area contributed by atoms with Crippen LogP contribution in [0.2, 0.25) is 5.02 Å². The van der Waals surface area contributed by atoms with Gasteiger partial charge in [-0.1, -0.05) is 35.9 Å². The van der Waals surface area contributed by atoms with Crippen LogP contribution in [0.25, 0.3) is 0 Å². The van der Waals surface area contributed by atoms with Gasteiger partial charge in [-0.25, -0.2) is 0 Å². The standard InChI is InChI=1S/C14H16ClNO/c15-13-7-4-12(5-8-13)6-9-14(17)16-10-2-1-3-11-16/h1-2,4-5,7-8H,3,6,9-11H2. The van der Waals surface area contributed by atoms with Crippen molar-refractivity contribution in [1.29, 1.82) is 0 Å². The maximum absolute atomic E-state index is 11.9. The largest absolute Gasteiger partial charge is 0.339 e. The maximum Gasteiger partial charge on any atom is 0.223 e. The summed E-state index contributed by atoms with van der Waals surface area (Å²) in [4.78, 5) is 13.8. The molecular formula is C14H16ClNO. The Morgan fingerprint density at radius 2 is 2.00 bits per heavy atom. The first-order valence-electron chi connectivity index (χ1n) is 5.93. The summed E-state index contributed by atoms with van der Waals surface area (Å²) in [5.41, 5.74) is 1.16. The second kappa shape index (κ2) is 5.87. The summed E-state index contributed by atoms with van der Waals surface area (Å²) in [6.45, 7) is 1.62. The predicted molar refractivity (Wildman–Crippen MR) is 70.1 cm³/mol.